The number of aromatic nitrogens is 4. The second kappa shape index (κ2) is 10.6. The molecule has 0 radical (unpaired) electrons. The van der Waals surface area contributed by atoms with Gasteiger partial charge in [0.1, 0.15) is 0 Å². The molecule has 4 heteroatoms. The first kappa shape index (κ1) is 26.8. The van der Waals surface area contributed by atoms with Crippen molar-refractivity contribution in [3.8, 4) is 39.9 Å². The number of nitrogens with zero attached hydrogens (tertiary/aromatic N) is 4. The number of fused-ring (bicyclic) bond motifs is 10. The largest absolute Gasteiger partial charge is 0.277 e. The Kier molecular flexibility index (Phi) is 5.90. The zero-order valence-electron chi connectivity index (χ0n) is 26.0. The van der Waals surface area contributed by atoms with Crippen LogP contribution >= 0.6 is 0 Å². The molecule has 0 bridgehead atoms. The van der Waals surface area contributed by atoms with Gasteiger partial charge in [0.15, 0.2) is 11.6 Å². The molecule has 1 aliphatic carbocycles. The summed E-state index contributed by atoms with van der Waals surface area (Å²) < 4.78 is 2.30. The fourth-order valence-electron chi connectivity index (χ4n) is 7.75. The fourth-order valence-corrected chi connectivity index (χ4v) is 7.75. The van der Waals surface area contributed by atoms with E-state index in [-0.39, 0.29) is 5.92 Å². The molecule has 2 heterocycles. The van der Waals surface area contributed by atoms with Crippen LogP contribution in [0.5, 0.6) is 0 Å². The van der Waals surface area contributed by atoms with Gasteiger partial charge >= 0.3 is 0 Å². The summed E-state index contributed by atoms with van der Waals surface area (Å²) in [4.78, 5) is 15.6. The molecule has 0 N–H and O–H groups in total. The normalized spacial score (nSPS) is 13.6. The molecular formula is C44H28N4. The van der Waals surface area contributed by atoms with Gasteiger partial charge < -0.3 is 0 Å². The third kappa shape index (κ3) is 3.93. The van der Waals surface area contributed by atoms with Crippen LogP contribution < -0.4 is 0 Å². The molecule has 48 heavy (non-hydrogen) atoms. The van der Waals surface area contributed by atoms with Gasteiger partial charge in [0.25, 0.3) is 0 Å². The Hall–Kier alpha value is -6.39. The highest BCUT2D eigenvalue weighted by Gasteiger charge is 2.36. The zero-order chi connectivity index (χ0) is 31.6. The quantitative estimate of drug-likeness (QED) is 0.199. The second-order valence-electron chi connectivity index (χ2n) is 12.4. The first-order valence-corrected chi connectivity index (χ1v) is 16.3. The molecule has 7 aromatic carbocycles. The number of rotatable bonds is 4. The Balaban J connectivity index is 1.41. The van der Waals surface area contributed by atoms with Gasteiger partial charge in [0.2, 0.25) is 5.95 Å². The molecule has 0 spiro atoms. The Morgan fingerprint density at radius 2 is 1.00 bits per heavy atom. The minimum absolute atomic E-state index is 0.0385. The lowest BCUT2D eigenvalue weighted by Gasteiger charge is -2.19. The highest BCUT2D eigenvalue weighted by atomic mass is 15.2. The SMILES string of the molecule is c1ccc(-c2nc(-c3ccccc3)nc(-n3c4ccccc4c4c5ccccc5c5c(c43)C(c3ccccc3)c3ccccc3-5)n2)cc1. The molecule has 224 valence electrons. The first-order valence-electron chi connectivity index (χ1n) is 16.3. The molecule has 0 saturated carbocycles. The number of hydrogen-bond acceptors (Lipinski definition) is 3. The second-order valence-corrected chi connectivity index (χ2v) is 12.4. The van der Waals surface area contributed by atoms with E-state index in [1.165, 1.54) is 49.4 Å². The maximum atomic E-state index is 5.27. The van der Waals surface area contributed by atoms with Crippen molar-refractivity contribution in [3.63, 3.8) is 0 Å². The Bertz CT molecular complexity index is 2600. The van der Waals surface area contributed by atoms with E-state index in [1.54, 1.807) is 0 Å². The minimum atomic E-state index is 0.0385. The van der Waals surface area contributed by atoms with Crippen LogP contribution in [0.25, 0.3) is 72.4 Å². The van der Waals surface area contributed by atoms with Gasteiger partial charge in [-0.05, 0) is 44.7 Å². The zero-order valence-corrected chi connectivity index (χ0v) is 26.0. The van der Waals surface area contributed by atoms with Gasteiger partial charge in [0.05, 0.1) is 11.0 Å². The van der Waals surface area contributed by atoms with Gasteiger partial charge in [-0.2, -0.15) is 9.97 Å². The third-order valence-electron chi connectivity index (χ3n) is 9.72. The van der Waals surface area contributed by atoms with Crippen molar-refractivity contribution in [3.05, 3.63) is 180 Å². The standard InChI is InChI=1S/C44H28N4/c1-4-16-28(17-5-1)37-31-22-10-11-23-32(31)38-33-24-12-13-25-34(33)39-35-26-14-15-27-36(35)48(41(39)40(37)38)44-46-42(29-18-6-2-7-19-29)45-43(47-44)30-20-8-3-9-21-30/h1-27,37H. The average molecular weight is 613 g/mol. The summed E-state index contributed by atoms with van der Waals surface area (Å²) in [5.74, 6) is 1.93. The smallest absolute Gasteiger partial charge is 0.238 e. The van der Waals surface area contributed by atoms with Crippen molar-refractivity contribution < 1.29 is 0 Å². The van der Waals surface area contributed by atoms with Crippen LogP contribution in [0.1, 0.15) is 22.6 Å². The summed E-state index contributed by atoms with van der Waals surface area (Å²) in [5, 5.41) is 4.89. The van der Waals surface area contributed by atoms with Gasteiger partial charge in [-0.1, -0.05) is 158 Å². The molecule has 1 atom stereocenters. The molecule has 0 fully saturated rings. The average Bonchev–Trinajstić information content (AvgIpc) is 3.70. The fraction of sp³-hybridized carbons (Fsp3) is 0.0227. The van der Waals surface area contributed by atoms with Crippen molar-refractivity contribution in [2.45, 2.75) is 5.92 Å². The third-order valence-corrected chi connectivity index (χ3v) is 9.72. The van der Waals surface area contributed by atoms with Crippen LogP contribution in [0.2, 0.25) is 0 Å². The highest BCUT2D eigenvalue weighted by Crippen LogP contribution is 2.55. The molecule has 0 saturated heterocycles. The maximum absolute atomic E-state index is 5.27. The predicted molar refractivity (Wildman–Crippen MR) is 195 cm³/mol. The minimum Gasteiger partial charge on any atom is -0.277 e. The molecule has 1 aliphatic rings. The van der Waals surface area contributed by atoms with Crippen molar-refractivity contribution >= 4 is 32.6 Å². The summed E-state index contributed by atoms with van der Waals surface area (Å²) in [5.41, 5.74) is 10.5. The van der Waals surface area contributed by atoms with E-state index >= 15 is 0 Å². The molecule has 4 nitrogen and oxygen atoms in total. The van der Waals surface area contributed by atoms with Crippen LogP contribution in [0.3, 0.4) is 0 Å². The summed E-state index contributed by atoms with van der Waals surface area (Å²) in [6.45, 7) is 0. The van der Waals surface area contributed by atoms with Crippen LogP contribution in [0, 0.1) is 0 Å². The van der Waals surface area contributed by atoms with Crippen LogP contribution in [0.15, 0.2) is 164 Å². The van der Waals surface area contributed by atoms with Gasteiger partial charge in [-0.3, -0.25) is 4.57 Å². The molecular weight excluding hydrogens is 585 g/mol. The van der Waals surface area contributed by atoms with Gasteiger partial charge in [0, 0.05) is 27.8 Å². The lowest BCUT2D eigenvalue weighted by molar-refractivity contribution is 0.941. The summed E-state index contributed by atoms with van der Waals surface area (Å²) in [7, 11) is 0. The lowest BCUT2D eigenvalue weighted by Crippen LogP contribution is -2.08. The van der Waals surface area contributed by atoms with Crippen molar-refractivity contribution in [2.75, 3.05) is 0 Å². The van der Waals surface area contributed by atoms with E-state index in [9.17, 15) is 0 Å². The summed E-state index contributed by atoms with van der Waals surface area (Å²) in [6.07, 6.45) is 0. The molecule has 0 amide bonds. The van der Waals surface area contributed by atoms with E-state index in [0.717, 1.165) is 22.2 Å². The Morgan fingerprint density at radius 3 is 1.69 bits per heavy atom. The van der Waals surface area contributed by atoms with Crippen LogP contribution in [-0.2, 0) is 0 Å². The molecule has 9 aromatic rings. The van der Waals surface area contributed by atoms with E-state index in [1.807, 2.05) is 36.4 Å². The molecule has 0 aliphatic heterocycles. The van der Waals surface area contributed by atoms with E-state index in [2.05, 4.69) is 132 Å². The van der Waals surface area contributed by atoms with E-state index in [4.69, 9.17) is 15.0 Å². The number of benzene rings is 7. The molecule has 10 rings (SSSR count). The van der Waals surface area contributed by atoms with Crippen molar-refractivity contribution in [2.24, 2.45) is 0 Å². The first-order chi connectivity index (χ1) is 23.8. The molecule has 2 aromatic heterocycles. The van der Waals surface area contributed by atoms with Crippen molar-refractivity contribution in [1.82, 2.24) is 19.5 Å². The number of hydrogen-bond donors (Lipinski definition) is 0. The Morgan fingerprint density at radius 1 is 0.458 bits per heavy atom. The van der Waals surface area contributed by atoms with Crippen LogP contribution in [0.4, 0.5) is 0 Å². The predicted octanol–water partition coefficient (Wildman–Crippen LogP) is 10.6. The monoisotopic (exact) mass is 612 g/mol. The lowest BCUT2D eigenvalue weighted by atomic mass is 9.86. The highest BCUT2D eigenvalue weighted by molar-refractivity contribution is 6.26. The van der Waals surface area contributed by atoms with Crippen LogP contribution in [-0.4, -0.2) is 19.5 Å². The van der Waals surface area contributed by atoms with E-state index < -0.39 is 0 Å². The Labute approximate surface area is 277 Å². The van der Waals surface area contributed by atoms with Gasteiger partial charge in [-0.15, -0.1) is 0 Å². The molecule has 1 unspecified atom stereocenters. The van der Waals surface area contributed by atoms with Crippen molar-refractivity contribution in [1.29, 1.82) is 0 Å². The van der Waals surface area contributed by atoms with Gasteiger partial charge in [-0.25, -0.2) is 4.98 Å². The summed E-state index contributed by atoms with van der Waals surface area (Å²) in [6, 6.07) is 57.8. The topological polar surface area (TPSA) is 43.6 Å². The van der Waals surface area contributed by atoms with E-state index in [0.29, 0.717) is 17.6 Å². The summed E-state index contributed by atoms with van der Waals surface area (Å²) >= 11 is 0. The maximum Gasteiger partial charge on any atom is 0.238 e. The number of para-hydroxylation sites is 1.